The molecule has 1 heterocycles. The Bertz CT molecular complexity index is 550. The first-order chi connectivity index (χ1) is 10.5. The first-order valence-corrected chi connectivity index (χ1v) is 7.13. The molecule has 0 bridgehead atoms. The van der Waals surface area contributed by atoms with Crippen LogP contribution in [-0.4, -0.2) is 37.0 Å². The zero-order chi connectivity index (χ0) is 15.9. The van der Waals surface area contributed by atoms with Crippen molar-refractivity contribution in [2.45, 2.75) is 25.9 Å². The van der Waals surface area contributed by atoms with Gasteiger partial charge in [0.25, 0.3) is 0 Å². The van der Waals surface area contributed by atoms with E-state index in [2.05, 4.69) is 16.0 Å². The van der Waals surface area contributed by atoms with Gasteiger partial charge in [0.1, 0.15) is 0 Å². The SMILES string of the molecule is CC(=O)Nc1ccc(NC(=O)C(=O)NC[C@@H]2CCCO2)cc1. The Kier molecular flexibility index (Phi) is 5.48. The van der Waals surface area contributed by atoms with E-state index in [9.17, 15) is 14.4 Å². The van der Waals surface area contributed by atoms with Gasteiger partial charge in [-0.25, -0.2) is 0 Å². The summed E-state index contributed by atoms with van der Waals surface area (Å²) in [6.45, 7) is 2.45. The van der Waals surface area contributed by atoms with Gasteiger partial charge in [0.05, 0.1) is 6.10 Å². The van der Waals surface area contributed by atoms with Crippen molar-refractivity contribution in [3.8, 4) is 0 Å². The van der Waals surface area contributed by atoms with Gasteiger partial charge in [-0.3, -0.25) is 14.4 Å². The second-order valence-corrected chi connectivity index (χ2v) is 5.06. The summed E-state index contributed by atoms with van der Waals surface area (Å²) < 4.78 is 5.37. The van der Waals surface area contributed by atoms with Crippen LogP contribution in [0.1, 0.15) is 19.8 Å². The van der Waals surface area contributed by atoms with E-state index in [1.54, 1.807) is 24.3 Å². The van der Waals surface area contributed by atoms with Crippen LogP contribution >= 0.6 is 0 Å². The Balaban J connectivity index is 1.79. The number of benzene rings is 1. The molecule has 3 N–H and O–H groups in total. The van der Waals surface area contributed by atoms with Crippen molar-refractivity contribution < 1.29 is 19.1 Å². The third-order valence-electron chi connectivity index (χ3n) is 3.18. The zero-order valence-electron chi connectivity index (χ0n) is 12.3. The summed E-state index contributed by atoms with van der Waals surface area (Å²) in [5.41, 5.74) is 1.10. The van der Waals surface area contributed by atoms with Crippen molar-refractivity contribution in [2.24, 2.45) is 0 Å². The van der Waals surface area contributed by atoms with Gasteiger partial charge < -0.3 is 20.7 Å². The highest BCUT2D eigenvalue weighted by Crippen LogP contribution is 2.13. The Morgan fingerprint density at radius 2 is 1.73 bits per heavy atom. The fourth-order valence-corrected chi connectivity index (χ4v) is 2.12. The van der Waals surface area contributed by atoms with Crippen LogP contribution < -0.4 is 16.0 Å². The van der Waals surface area contributed by atoms with Crippen molar-refractivity contribution in [1.29, 1.82) is 0 Å². The molecule has 118 valence electrons. The fraction of sp³-hybridized carbons (Fsp3) is 0.400. The summed E-state index contributed by atoms with van der Waals surface area (Å²) in [6.07, 6.45) is 1.87. The number of carbonyl (C=O) groups excluding carboxylic acids is 3. The minimum Gasteiger partial charge on any atom is -0.376 e. The molecule has 22 heavy (non-hydrogen) atoms. The van der Waals surface area contributed by atoms with Crippen LogP contribution in [0.3, 0.4) is 0 Å². The molecule has 0 spiro atoms. The highest BCUT2D eigenvalue weighted by Gasteiger charge is 2.19. The minimum absolute atomic E-state index is 0.00584. The van der Waals surface area contributed by atoms with Gasteiger partial charge in [0.15, 0.2) is 0 Å². The number of anilines is 2. The molecule has 0 aliphatic carbocycles. The van der Waals surface area contributed by atoms with Gasteiger partial charge >= 0.3 is 11.8 Å². The van der Waals surface area contributed by atoms with Crippen molar-refractivity contribution in [3.05, 3.63) is 24.3 Å². The van der Waals surface area contributed by atoms with Gasteiger partial charge in [-0.2, -0.15) is 0 Å². The lowest BCUT2D eigenvalue weighted by Gasteiger charge is -2.11. The summed E-state index contributed by atoms with van der Waals surface area (Å²) in [5, 5.41) is 7.66. The summed E-state index contributed by atoms with van der Waals surface area (Å²) in [5.74, 6) is -1.60. The summed E-state index contributed by atoms with van der Waals surface area (Å²) >= 11 is 0. The molecular formula is C15H19N3O4. The largest absolute Gasteiger partial charge is 0.376 e. The number of hydrogen-bond donors (Lipinski definition) is 3. The first-order valence-electron chi connectivity index (χ1n) is 7.13. The maximum atomic E-state index is 11.7. The Labute approximate surface area is 128 Å². The number of hydrogen-bond acceptors (Lipinski definition) is 4. The molecule has 2 rings (SSSR count). The molecule has 1 aromatic carbocycles. The van der Waals surface area contributed by atoms with Gasteiger partial charge in [-0.15, -0.1) is 0 Å². The van der Waals surface area contributed by atoms with E-state index >= 15 is 0 Å². The van der Waals surface area contributed by atoms with E-state index in [0.717, 1.165) is 12.8 Å². The molecule has 1 saturated heterocycles. The normalized spacial score (nSPS) is 16.9. The van der Waals surface area contributed by atoms with Crippen LogP contribution in [0.5, 0.6) is 0 Å². The Morgan fingerprint density at radius 1 is 1.09 bits per heavy atom. The molecular weight excluding hydrogens is 286 g/mol. The smallest absolute Gasteiger partial charge is 0.313 e. The van der Waals surface area contributed by atoms with Crippen molar-refractivity contribution in [2.75, 3.05) is 23.8 Å². The average Bonchev–Trinajstić information content (AvgIpc) is 2.99. The van der Waals surface area contributed by atoms with Crippen molar-refractivity contribution in [3.63, 3.8) is 0 Å². The molecule has 0 saturated carbocycles. The van der Waals surface area contributed by atoms with Crippen molar-refractivity contribution in [1.82, 2.24) is 5.32 Å². The van der Waals surface area contributed by atoms with E-state index in [1.807, 2.05) is 0 Å². The Hall–Kier alpha value is -2.41. The molecule has 7 nitrogen and oxygen atoms in total. The minimum atomic E-state index is -0.731. The van der Waals surface area contributed by atoms with E-state index in [-0.39, 0.29) is 12.0 Å². The lowest BCUT2D eigenvalue weighted by Crippen LogP contribution is -2.39. The first kappa shape index (κ1) is 16.0. The van der Waals surface area contributed by atoms with Crippen LogP contribution in [0.2, 0.25) is 0 Å². The number of rotatable bonds is 4. The van der Waals surface area contributed by atoms with E-state index in [0.29, 0.717) is 24.5 Å². The van der Waals surface area contributed by atoms with Gasteiger partial charge in [-0.05, 0) is 37.1 Å². The molecule has 3 amide bonds. The molecule has 1 fully saturated rings. The van der Waals surface area contributed by atoms with Crippen molar-refractivity contribution >= 4 is 29.1 Å². The van der Waals surface area contributed by atoms with Gasteiger partial charge in [0, 0.05) is 31.5 Å². The molecule has 1 aromatic rings. The summed E-state index contributed by atoms with van der Waals surface area (Å²) in [7, 11) is 0. The quantitative estimate of drug-likeness (QED) is 0.719. The summed E-state index contributed by atoms with van der Waals surface area (Å²) in [4.78, 5) is 34.3. The second kappa shape index (κ2) is 7.56. The number of ether oxygens (including phenoxy) is 1. The average molecular weight is 305 g/mol. The third kappa shape index (κ3) is 4.85. The molecule has 1 aliphatic heterocycles. The van der Waals surface area contributed by atoms with Crippen LogP contribution in [0.15, 0.2) is 24.3 Å². The number of carbonyl (C=O) groups is 3. The number of nitrogens with one attached hydrogen (secondary N) is 3. The number of amides is 3. The fourth-order valence-electron chi connectivity index (χ4n) is 2.12. The maximum absolute atomic E-state index is 11.7. The molecule has 0 radical (unpaired) electrons. The van der Waals surface area contributed by atoms with E-state index in [4.69, 9.17) is 4.74 Å². The lowest BCUT2D eigenvalue weighted by molar-refractivity contribution is -0.136. The van der Waals surface area contributed by atoms with E-state index in [1.165, 1.54) is 6.92 Å². The van der Waals surface area contributed by atoms with Crippen LogP contribution in [0, 0.1) is 0 Å². The topological polar surface area (TPSA) is 96.5 Å². The van der Waals surface area contributed by atoms with Gasteiger partial charge in [0.2, 0.25) is 5.91 Å². The van der Waals surface area contributed by atoms with Crippen LogP contribution in [-0.2, 0) is 19.1 Å². The maximum Gasteiger partial charge on any atom is 0.313 e. The standard InChI is InChI=1S/C15H19N3O4/c1-10(19)17-11-4-6-12(7-5-11)18-15(21)14(20)16-9-13-3-2-8-22-13/h4-7,13H,2-3,8-9H2,1H3,(H,16,20)(H,17,19)(H,18,21)/t13-/m0/s1. The molecule has 0 unspecified atom stereocenters. The highest BCUT2D eigenvalue weighted by atomic mass is 16.5. The molecule has 1 aliphatic rings. The van der Waals surface area contributed by atoms with E-state index < -0.39 is 11.8 Å². The molecule has 1 atom stereocenters. The second-order valence-electron chi connectivity index (χ2n) is 5.06. The third-order valence-corrected chi connectivity index (χ3v) is 3.18. The summed E-state index contributed by atoms with van der Waals surface area (Å²) in [6, 6.07) is 6.50. The lowest BCUT2D eigenvalue weighted by atomic mass is 10.2. The van der Waals surface area contributed by atoms with Crippen LogP contribution in [0.25, 0.3) is 0 Å². The molecule has 7 heteroatoms. The van der Waals surface area contributed by atoms with Gasteiger partial charge in [-0.1, -0.05) is 0 Å². The van der Waals surface area contributed by atoms with Crippen LogP contribution in [0.4, 0.5) is 11.4 Å². The monoisotopic (exact) mass is 305 g/mol. The zero-order valence-corrected chi connectivity index (χ0v) is 12.3. The Morgan fingerprint density at radius 3 is 2.27 bits per heavy atom. The molecule has 0 aromatic heterocycles. The predicted molar refractivity (Wildman–Crippen MR) is 81.4 cm³/mol. The predicted octanol–water partition coefficient (Wildman–Crippen LogP) is 0.879. The highest BCUT2D eigenvalue weighted by molar-refractivity contribution is 6.39.